The van der Waals surface area contributed by atoms with Gasteiger partial charge < -0.3 is 5.32 Å². The van der Waals surface area contributed by atoms with Crippen molar-refractivity contribution in [2.24, 2.45) is 0 Å². The van der Waals surface area contributed by atoms with E-state index in [-0.39, 0.29) is 17.8 Å². The molecule has 3 aromatic heterocycles. The van der Waals surface area contributed by atoms with Crippen LogP contribution in [0.1, 0.15) is 17.0 Å². The zero-order valence-corrected chi connectivity index (χ0v) is 13.9. The molecule has 0 aromatic carbocycles. The number of carbonyl (C=O) groups excluding carboxylic acids is 1. The van der Waals surface area contributed by atoms with Crippen molar-refractivity contribution < 1.29 is 18.0 Å². The highest BCUT2D eigenvalue weighted by molar-refractivity contribution is 5.91. The number of carbonyl (C=O) groups is 1. The van der Waals surface area contributed by atoms with Crippen LogP contribution in [-0.4, -0.2) is 36.5 Å². The molecular formula is C15H15F3N6O2. The summed E-state index contributed by atoms with van der Waals surface area (Å²) >= 11 is 0. The number of aryl methyl sites for hydroxylation is 2. The van der Waals surface area contributed by atoms with Crippen LogP contribution in [0.5, 0.6) is 0 Å². The number of H-pyrrole nitrogens is 1. The van der Waals surface area contributed by atoms with Gasteiger partial charge in [-0.3, -0.25) is 19.4 Å². The Hall–Kier alpha value is -3.11. The van der Waals surface area contributed by atoms with Gasteiger partial charge in [0.05, 0.1) is 6.42 Å². The molecule has 3 rings (SSSR count). The molecule has 0 radical (unpaired) electrons. The zero-order chi connectivity index (χ0) is 19.1. The highest BCUT2D eigenvalue weighted by Gasteiger charge is 2.28. The molecule has 0 saturated heterocycles. The molecule has 0 fully saturated rings. The lowest BCUT2D eigenvalue weighted by atomic mass is 10.1. The molecule has 0 spiro atoms. The molecule has 2 N–H and O–H groups in total. The van der Waals surface area contributed by atoms with Crippen LogP contribution >= 0.6 is 0 Å². The summed E-state index contributed by atoms with van der Waals surface area (Å²) in [6, 6.07) is 2.63. The number of rotatable bonds is 4. The van der Waals surface area contributed by atoms with Crippen LogP contribution in [-0.2, 0) is 17.8 Å². The fourth-order valence-corrected chi connectivity index (χ4v) is 2.66. The van der Waals surface area contributed by atoms with Gasteiger partial charge >= 0.3 is 6.18 Å². The van der Waals surface area contributed by atoms with Gasteiger partial charge in [0.1, 0.15) is 6.54 Å². The van der Waals surface area contributed by atoms with Crippen LogP contribution in [0, 0.1) is 13.8 Å². The molecule has 8 nitrogen and oxygen atoms in total. The smallest absolute Gasteiger partial charge is 0.309 e. The highest BCUT2D eigenvalue weighted by Crippen LogP contribution is 2.18. The SMILES string of the molecule is Cc1nc2cc(=O)[nH]n2c(C)c1CC(=O)Nc1ccn(CC(F)(F)F)n1. The van der Waals surface area contributed by atoms with Gasteiger partial charge in [-0.1, -0.05) is 0 Å². The third-order valence-corrected chi connectivity index (χ3v) is 3.79. The summed E-state index contributed by atoms with van der Waals surface area (Å²) in [7, 11) is 0. The van der Waals surface area contributed by atoms with Gasteiger partial charge in [-0.2, -0.15) is 18.3 Å². The standard InChI is InChI=1S/C15H15F3N6O2/c1-8-10(9(2)24-12(19-8)6-14(26)22-24)5-13(25)20-11-3-4-23(21-11)7-15(16,17)18/h3-4,6H,5,7H2,1-2H3,(H,22,26)(H,20,21,25). The lowest BCUT2D eigenvalue weighted by Gasteiger charge is -2.11. The van der Waals surface area contributed by atoms with E-state index in [1.807, 2.05) is 0 Å². The number of fused-ring (bicyclic) bond motifs is 1. The molecule has 0 atom stereocenters. The average molecular weight is 368 g/mol. The molecule has 0 bridgehead atoms. The van der Waals surface area contributed by atoms with E-state index in [0.717, 1.165) is 6.20 Å². The number of aromatic nitrogens is 5. The maximum Gasteiger partial charge on any atom is 0.408 e. The van der Waals surface area contributed by atoms with Gasteiger partial charge in [0.2, 0.25) is 5.91 Å². The summed E-state index contributed by atoms with van der Waals surface area (Å²) in [5, 5.41) is 8.72. The summed E-state index contributed by atoms with van der Waals surface area (Å²) < 4.78 is 39.2. The molecule has 11 heteroatoms. The quantitative estimate of drug-likeness (QED) is 0.731. The second-order valence-electron chi connectivity index (χ2n) is 5.81. The summed E-state index contributed by atoms with van der Waals surface area (Å²) in [4.78, 5) is 27.9. The van der Waals surface area contributed by atoms with E-state index in [4.69, 9.17) is 0 Å². The van der Waals surface area contributed by atoms with E-state index in [2.05, 4.69) is 20.5 Å². The summed E-state index contributed by atoms with van der Waals surface area (Å²) in [6.45, 7) is 2.21. The molecule has 0 unspecified atom stereocenters. The predicted octanol–water partition coefficient (Wildman–Crippen LogP) is 1.58. The monoisotopic (exact) mass is 368 g/mol. The molecule has 0 aliphatic heterocycles. The van der Waals surface area contributed by atoms with Gasteiger partial charge in [0, 0.05) is 35.3 Å². The van der Waals surface area contributed by atoms with Crippen molar-refractivity contribution in [1.82, 2.24) is 24.4 Å². The molecule has 3 heterocycles. The minimum Gasteiger partial charge on any atom is -0.309 e. The zero-order valence-electron chi connectivity index (χ0n) is 13.9. The van der Waals surface area contributed by atoms with E-state index in [9.17, 15) is 22.8 Å². The van der Waals surface area contributed by atoms with Gasteiger partial charge in [-0.05, 0) is 13.8 Å². The Kier molecular flexibility index (Phi) is 4.30. The van der Waals surface area contributed by atoms with Gasteiger partial charge in [-0.25, -0.2) is 9.50 Å². The maximum atomic E-state index is 12.3. The predicted molar refractivity (Wildman–Crippen MR) is 85.9 cm³/mol. The molecule has 138 valence electrons. The Bertz CT molecular complexity index is 1030. The fraction of sp³-hybridized carbons (Fsp3) is 0.333. The lowest BCUT2D eigenvalue weighted by molar-refractivity contribution is -0.142. The van der Waals surface area contributed by atoms with Crippen molar-refractivity contribution in [2.75, 3.05) is 5.32 Å². The molecule has 0 saturated carbocycles. The largest absolute Gasteiger partial charge is 0.408 e. The first-order valence-electron chi connectivity index (χ1n) is 7.60. The van der Waals surface area contributed by atoms with E-state index >= 15 is 0 Å². The molecule has 0 aliphatic carbocycles. The molecule has 3 aromatic rings. The number of alkyl halides is 3. The van der Waals surface area contributed by atoms with E-state index in [1.165, 1.54) is 16.6 Å². The summed E-state index contributed by atoms with van der Waals surface area (Å²) in [5.74, 6) is -0.429. The molecular weight excluding hydrogens is 353 g/mol. The van der Waals surface area contributed by atoms with Crippen molar-refractivity contribution in [3.8, 4) is 0 Å². The Morgan fingerprint density at radius 1 is 1.35 bits per heavy atom. The van der Waals surface area contributed by atoms with Crippen molar-refractivity contribution >= 4 is 17.4 Å². The first kappa shape index (κ1) is 17.7. The number of hydrogen-bond acceptors (Lipinski definition) is 4. The van der Waals surface area contributed by atoms with Crippen LogP contribution in [0.3, 0.4) is 0 Å². The van der Waals surface area contributed by atoms with Crippen LogP contribution in [0.4, 0.5) is 19.0 Å². The van der Waals surface area contributed by atoms with Crippen molar-refractivity contribution in [1.29, 1.82) is 0 Å². The van der Waals surface area contributed by atoms with Gasteiger partial charge in [0.25, 0.3) is 5.56 Å². The van der Waals surface area contributed by atoms with Crippen LogP contribution in [0.25, 0.3) is 5.65 Å². The number of nitrogens with zero attached hydrogens (tertiary/aromatic N) is 4. The van der Waals surface area contributed by atoms with Crippen molar-refractivity contribution in [2.45, 2.75) is 33.0 Å². The first-order chi connectivity index (χ1) is 12.1. The van der Waals surface area contributed by atoms with Gasteiger partial charge in [0.15, 0.2) is 11.5 Å². The lowest BCUT2D eigenvalue weighted by Crippen LogP contribution is -2.20. The average Bonchev–Trinajstić information content (AvgIpc) is 3.08. The van der Waals surface area contributed by atoms with Crippen LogP contribution < -0.4 is 10.9 Å². The van der Waals surface area contributed by atoms with Crippen LogP contribution in [0.2, 0.25) is 0 Å². The molecule has 1 amide bonds. The Morgan fingerprint density at radius 3 is 2.77 bits per heavy atom. The number of nitrogens with one attached hydrogen (secondary N) is 2. The number of anilines is 1. The second kappa shape index (κ2) is 6.32. The van der Waals surface area contributed by atoms with Gasteiger partial charge in [-0.15, -0.1) is 0 Å². The summed E-state index contributed by atoms with van der Waals surface area (Å²) in [5.41, 5.74) is 1.97. The topological polar surface area (TPSA) is 97.1 Å². The molecule has 0 aliphatic rings. The number of amides is 1. The minimum atomic E-state index is -4.39. The third kappa shape index (κ3) is 3.76. The Morgan fingerprint density at radius 2 is 2.08 bits per heavy atom. The van der Waals surface area contributed by atoms with Crippen LogP contribution in [0.15, 0.2) is 23.1 Å². The first-order valence-corrected chi connectivity index (χ1v) is 7.60. The Balaban J connectivity index is 1.76. The number of hydrogen-bond donors (Lipinski definition) is 2. The van der Waals surface area contributed by atoms with Crippen molar-refractivity contribution in [3.63, 3.8) is 0 Å². The van der Waals surface area contributed by atoms with Crippen molar-refractivity contribution in [3.05, 3.63) is 45.6 Å². The number of halogens is 3. The molecule has 26 heavy (non-hydrogen) atoms. The fourth-order valence-electron chi connectivity index (χ4n) is 2.66. The Labute approximate surface area is 144 Å². The van der Waals surface area contributed by atoms with E-state index in [0.29, 0.717) is 27.3 Å². The second-order valence-corrected chi connectivity index (χ2v) is 5.81. The minimum absolute atomic E-state index is 0.0259. The van der Waals surface area contributed by atoms with E-state index in [1.54, 1.807) is 13.8 Å². The third-order valence-electron chi connectivity index (χ3n) is 3.79. The van der Waals surface area contributed by atoms with E-state index < -0.39 is 18.6 Å². The maximum absolute atomic E-state index is 12.3. The normalized spacial score (nSPS) is 11.9. The number of aromatic amines is 1. The highest BCUT2D eigenvalue weighted by atomic mass is 19.4. The summed E-state index contributed by atoms with van der Waals surface area (Å²) in [6.07, 6.45) is -3.32.